The molecule has 0 aromatic heterocycles. The number of carbonyl (C=O) groups is 4. The van der Waals surface area contributed by atoms with Crippen molar-refractivity contribution in [2.75, 3.05) is 0 Å². The monoisotopic (exact) mass is 781 g/mol. The second-order valence-electron chi connectivity index (χ2n) is 16.1. The van der Waals surface area contributed by atoms with Gasteiger partial charge in [-0.05, 0) is 25.7 Å². The molecule has 0 fully saturated rings. The predicted octanol–water partition coefficient (Wildman–Crippen LogP) is 14.3. The number of hydrogen-bond acceptors (Lipinski definition) is 8. The molecule has 55 heavy (non-hydrogen) atoms. The van der Waals surface area contributed by atoms with Crippen molar-refractivity contribution in [3.8, 4) is 0 Å². The summed E-state index contributed by atoms with van der Waals surface area (Å²) in [6, 6.07) is 0. The Morgan fingerprint density at radius 1 is 0.273 bits per heavy atom. The van der Waals surface area contributed by atoms with Crippen molar-refractivity contribution in [1.82, 2.24) is 0 Å². The van der Waals surface area contributed by atoms with Gasteiger partial charge in [0.2, 0.25) is 12.6 Å². The molecule has 0 radical (unpaired) electrons. The second-order valence-corrected chi connectivity index (χ2v) is 16.1. The van der Waals surface area contributed by atoms with Gasteiger partial charge in [0, 0.05) is 39.5 Å². The van der Waals surface area contributed by atoms with E-state index in [1.165, 1.54) is 154 Å². The van der Waals surface area contributed by atoms with Crippen LogP contribution in [-0.2, 0) is 38.1 Å². The molecular weight excluding hydrogens is 693 g/mol. The van der Waals surface area contributed by atoms with Gasteiger partial charge in [-0.25, -0.2) is 0 Å². The minimum Gasteiger partial charge on any atom is -0.425 e. The van der Waals surface area contributed by atoms with E-state index in [-0.39, 0.29) is 24.8 Å². The maximum atomic E-state index is 12.2. The van der Waals surface area contributed by atoms with Crippen molar-refractivity contribution in [2.24, 2.45) is 0 Å². The summed E-state index contributed by atoms with van der Waals surface area (Å²) in [6.45, 7) is 7.65. The highest BCUT2D eigenvalue weighted by Crippen LogP contribution is 2.16. The molecule has 0 heterocycles. The first-order valence-electron chi connectivity index (χ1n) is 23.6. The molecule has 2 unspecified atom stereocenters. The molecule has 0 aliphatic rings. The Balaban J connectivity index is 3.61. The fourth-order valence-corrected chi connectivity index (χ4v) is 7.02. The van der Waals surface area contributed by atoms with Crippen LogP contribution in [0.15, 0.2) is 0 Å². The first-order valence-corrected chi connectivity index (χ1v) is 23.6. The van der Waals surface area contributed by atoms with E-state index in [1.54, 1.807) is 13.8 Å². The van der Waals surface area contributed by atoms with Crippen molar-refractivity contribution in [1.29, 1.82) is 0 Å². The quantitative estimate of drug-likeness (QED) is 0.0342. The zero-order valence-corrected chi connectivity index (χ0v) is 36.6. The first-order chi connectivity index (χ1) is 26.8. The molecule has 2 atom stereocenters. The number of hydrogen-bond donors (Lipinski definition) is 0. The normalized spacial score (nSPS) is 12.3. The Morgan fingerprint density at radius 2 is 0.418 bits per heavy atom. The van der Waals surface area contributed by atoms with Crippen LogP contribution in [0.25, 0.3) is 0 Å². The van der Waals surface area contributed by atoms with E-state index >= 15 is 0 Å². The van der Waals surface area contributed by atoms with Crippen LogP contribution in [0, 0.1) is 0 Å². The molecule has 0 spiro atoms. The van der Waals surface area contributed by atoms with Gasteiger partial charge >= 0.3 is 23.9 Å². The minimum atomic E-state index is -0.908. The maximum absolute atomic E-state index is 12.2. The van der Waals surface area contributed by atoms with Crippen LogP contribution in [0.1, 0.15) is 265 Å². The zero-order chi connectivity index (χ0) is 40.5. The molecule has 0 aliphatic carbocycles. The third-order valence-electron chi connectivity index (χ3n) is 10.4. The molecule has 0 amide bonds. The van der Waals surface area contributed by atoms with E-state index in [0.29, 0.717) is 32.1 Å². The number of carbonyl (C=O) groups excluding carboxylic acids is 4. The first kappa shape index (κ1) is 52.9. The SMILES string of the molecule is CCCCCCCCCCCCCCCCCC(=O)OC(C)OC(=O)CCCCCC(=O)OC(C)OC(=O)CCCCCCCCCCCCCCCCC. The van der Waals surface area contributed by atoms with Crippen molar-refractivity contribution in [3.05, 3.63) is 0 Å². The zero-order valence-electron chi connectivity index (χ0n) is 36.6. The fourth-order valence-electron chi connectivity index (χ4n) is 7.02. The van der Waals surface area contributed by atoms with Crippen LogP contribution >= 0.6 is 0 Å². The Kier molecular flexibility index (Phi) is 39.9. The van der Waals surface area contributed by atoms with Gasteiger partial charge in [0.1, 0.15) is 0 Å². The number of unbranched alkanes of at least 4 members (excludes halogenated alkanes) is 30. The van der Waals surface area contributed by atoms with Crippen LogP contribution < -0.4 is 0 Å². The molecule has 8 heteroatoms. The topological polar surface area (TPSA) is 105 Å². The molecule has 8 nitrogen and oxygen atoms in total. The average molecular weight is 781 g/mol. The average Bonchev–Trinajstić information content (AvgIpc) is 3.14. The predicted molar refractivity (Wildman–Crippen MR) is 225 cm³/mol. The molecule has 0 N–H and O–H groups in total. The van der Waals surface area contributed by atoms with Gasteiger partial charge in [-0.1, -0.05) is 200 Å². The smallest absolute Gasteiger partial charge is 0.308 e. The molecule has 0 bridgehead atoms. The summed E-state index contributed by atoms with van der Waals surface area (Å²) in [4.78, 5) is 48.6. The molecule has 324 valence electrons. The minimum absolute atomic E-state index is 0.184. The van der Waals surface area contributed by atoms with Crippen molar-refractivity contribution >= 4 is 23.9 Å². The number of esters is 4. The number of rotatable bonds is 42. The van der Waals surface area contributed by atoms with Gasteiger partial charge in [0.15, 0.2) is 0 Å². The van der Waals surface area contributed by atoms with E-state index in [4.69, 9.17) is 18.9 Å². The maximum Gasteiger partial charge on any atom is 0.308 e. The molecule has 0 rings (SSSR count). The summed E-state index contributed by atoms with van der Waals surface area (Å²) in [5.41, 5.74) is 0. The lowest BCUT2D eigenvalue weighted by molar-refractivity contribution is -0.186. The summed E-state index contributed by atoms with van der Waals surface area (Å²) in [7, 11) is 0. The van der Waals surface area contributed by atoms with E-state index in [0.717, 1.165) is 38.5 Å². The van der Waals surface area contributed by atoms with Crippen LogP contribution in [-0.4, -0.2) is 36.5 Å². The van der Waals surface area contributed by atoms with Crippen molar-refractivity contribution in [3.63, 3.8) is 0 Å². The largest absolute Gasteiger partial charge is 0.425 e. The second kappa shape index (κ2) is 41.5. The standard InChI is InChI=1S/C47H88O8/c1-5-7-9-11-13-15-17-19-21-23-25-27-29-31-34-38-44(48)52-42(3)54-46(50)40-36-33-37-41-47(51)55-43(4)53-45(49)39-35-32-30-28-26-24-22-20-18-16-14-12-10-8-6-2/h42-43H,5-41H2,1-4H3. The molecular formula is C47H88O8. The lowest BCUT2D eigenvalue weighted by Crippen LogP contribution is -2.22. The third kappa shape index (κ3) is 41.3. The number of ether oxygens (including phenoxy) is 4. The molecule has 0 saturated carbocycles. The van der Waals surface area contributed by atoms with E-state index in [9.17, 15) is 19.2 Å². The Morgan fingerprint density at radius 3 is 0.600 bits per heavy atom. The summed E-state index contributed by atoms with van der Waals surface area (Å²) in [6.07, 6.45) is 39.2. The highest BCUT2D eigenvalue weighted by atomic mass is 16.7. The van der Waals surface area contributed by atoms with Gasteiger partial charge in [-0.15, -0.1) is 0 Å². The summed E-state index contributed by atoms with van der Waals surface area (Å²) in [5.74, 6) is -1.52. The molecule has 0 aromatic rings. The lowest BCUT2D eigenvalue weighted by atomic mass is 10.0. The molecule has 0 saturated heterocycles. The van der Waals surface area contributed by atoms with Crippen molar-refractivity contribution < 1.29 is 38.1 Å². The van der Waals surface area contributed by atoms with Gasteiger partial charge < -0.3 is 18.9 Å². The summed E-state index contributed by atoms with van der Waals surface area (Å²) >= 11 is 0. The summed E-state index contributed by atoms with van der Waals surface area (Å²) < 4.78 is 21.0. The molecule has 0 aromatic carbocycles. The Bertz CT molecular complexity index is 820. The fraction of sp³-hybridized carbons (Fsp3) is 0.915. The lowest BCUT2D eigenvalue weighted by Gasteiger charge is -2.14. The van der Waals surface area contributed by atoms with Gasteiger partial charge in [-0.2, -0.15) is 0 Å². The highest BCUT2D eigenvalue weighted by Gasteiger charge is 2.16. The van der Waals surface area contributed by atoms with Crippen LogP contribution in [0.4, 0.5) is 0 Å². The van der Waals surface area contributed by atoms with E-state index in [2.05, 4.69) is 13.8 Å². The highest BCUT2D eigenvalue weighted by molar-refractivity contribution is 5.72. The van der Waals surface area contributed by atoms with E-state index in [1.807, 2.05) is 0 Å². The van der Waals surface area contributed by atoms with Gasteiger partial charge in [0.05, 0.1) is 0 Å². The van der Waals surface area contributed by atoms with Gasteiger partial charge in [-0.3, -0.25) is 19.2 Å². The van der Waals surface area contributed by atoms with Crippen molar-refractivity contribution in [2.45, 2.75) is 278 Å². The molecule has 0 aliphatic heterocycles. The van der Waals surface area contributed by atoms with E-state index < -0.39 is 24.5 Å². The van der Waals surface area contributed by atoms with Crippen LogP contribution in [0.2, 0.25) is 0 Å². The van der Waals surface area contributed by atoms with Crippen LogP contribution in [0.5, 0.6) is 0 Å². The Labute approximate surface area is 339 Å². The summed E-state index contributed by atoms with van der Waals surface area (Å²) in [5, 5.41) is 0. The van der Waals surface area contributed by atoms with Crippen LogP contribution in [0.3, 0.4) is 0 Å². The Hall–Kier alpha value is -2.12. The third-order valence-corrected chi connectivity index (χ3v) is 10.4. The van der Waals surface area contributed by atoms with Gasteiger partial charge in [0.25, 0.3) is 0 Å².